The lowest BCUT2D eigenvalue weighted by Crippen LogP contribution is -2.21. The highest BCUT2D eigenvalue weighted by atomic mass is 32.2. The Bertz CT molecular complexity index is 1090. The molecule has 160 valence electrons. The number of nitrogens with one attached hydrogen (secondary N) is 2. The Labute approximate surface area is 175 Å². The monoisotopic (exact) mass is 438 g/mol. The molecule has 9 heteroatoms. The molecule has 1 unspecified atom stereocenters. The van der Waals surface area contributed by atoms with E-state index in [1.807, 2.05) is 0 Å². The molecule has 1 fully saturated rings. The van der Waals surface area contributed by atoms with Gasteiger partial charge >= 0.3 is 0 Å². The standard InChI is InChI=1S/C21H21F3N2O3S/c1-11-2-3-15(14(22)8-11)25-18-17(24)16(23)13-4-7-29-20(13)19(18)26-30-21(5-6-21)9-12(28)10-27/h2-4,7-8,12,25-28H,5-6,9-10H2,1H3. The van der Waals surface area contributed by atoms with Crippen LogP contribution in [0.4, 0.5) is 30.2 Å². The summed E-state index contributed by atoms with van der Waals surface area (Å²) < 4.78 is 52.0. The summed E-state index contributed by atoms with van der Waals surface area (Å²) in [6.45, 7) is 1.37. The van der Waals surface area contributed by atoms with Crippen molar-refractivity contribution in [3.05, 3.63) is 53.5 Å². The van der Waals surface area contributed by atoms with Crippen molar-refractivity contribution in [2.24, 2.45) is 0 Å². The molecule has 3 aromatic rings. The fourth-order valence-corrected chi connectivity index (χ4v) is 4.43. The number of rotatable bonds is 8. The molecule has 0 saturated heterocycles. The van der Waals surface area contributed by atoms with Gasteiger partial charge in [0.25, 0.3) is 0 Å². The van der Waals surface area contributed by atoms with Gasteiger partial charge in [0.05, 0.1) is 30.0 Å². The van der Waals surface area contributed by atoms with Crippen LogP contribution < -0.4 is 10.0 Å². The van der Waals surface area contributed by atoms with E-state index in [9.17, 15) is 18.3 Å². The number of aliphatic hydroxyl groups is 2. The molecule has 0 spiro atoms. The van der Waals surface area contributed by atoms with E-state index in [4.69, 9.17) is 9.52 Å². The maximum Gasteiger partial charge on any atom is 0.185 e. The van der Waals surface area contributed by atoms with Gasteiger partial charge in [0.1, 0.15) is 17.2 Å². The van der Waals surface area contributed by atoms with E-state index in [-0.39, 0.29) is 39.4 Å². The molecule has 1 atom stereocenters. The van der Waals surface area contributed by atoms with Gasteiger partial charge < -0.3 is 24.7 Å². The molecule has 0 bridgehead atoms. The van der Waals surface area contributed by atoms with Crippen LogP contribution in [0.1, 0.15) is 24.8 Å². The summed E-state index contributed by atoms with van der Waals surface area (Å²) in [4.78, 5) is 0. The smallest absolute Gasteiger partial charge is 0.185 e. The van der Waals surface area contributed by atoms with Crippen LogP contribution in [-0.4, -0.2) is 27.7 Å². The second-order valence-electron chi connectivity index (χ2n) is 7.58. The minimum Gasteiger partial charge on any atom is -0.462 e. The Morgan fingerprint density at radius 2 is 1.93 bits per heavy atom. The van der Waals surface area contributed by atoms with Crippen LogP contribution >= 0.6 is 11.9 Å². The molecule has 1 aliphatic rings. The van der Waals surface area contributed by atoms with Gasteiger partial charge in [0.15, 0.2) is 17.2 Å². The fourth-order valence-electron chi connectivity index (χ4n) is 3.34. The highest BCUT2D eigenvalue weighted by Gasteiger charge is 2.45. The lowest BCUT2D eigenvalue weighted by Gasteiger charge is -2.21. The highest BCUT2D eigenvalue weighted by Crippen LogP contribution is 2.53. The SMILES string of the molecule is Cc1ccc(Nc2c(F)c(F)c3ccoc3c2NSC2(CC(O)CO)CC2)c(F)c1. The first-order chi connectivity index (χ1) is 14.3. The third-order valence-corrected chi connectivity index (χ3v) is 6.48. The average molecular weight is 438 g/mol. The Morgan fingerprint density at radius 1 is 1.17 bits per heavy atom. The molecule has 0 aliphatic heterocycles. The van der Waals surface area contributed by atoms with Gasteiger partial charge in [-0.25, -0.2) is 13.2 Å². The normalized spacial score (nSPS) is 15.9. The number of furan rings is 1. The predicted octanol–water partition coefficient (Wildman–Crippen LogP) is 5.24. The van der Waals surface area contributed by atoms with Gasteiger partial charge in [-0.15, -0.1) is 0 Å². The maximum absolute atomic E-state index is 14.9. The lowest BCUT2D eigenvalue weighted by molar-refractivity contribution is 0.0865. The molecular formula is C21H21F3N2O3S. The topological polar surface area (TPSA) is 77.7 Å². The van der Waals surface area contributed by atoms with Gasteiger partial charge in [-0.2, -0.15) is 0 Å². The van der Waals surface area contributed by atoms with Crippen LogP contribution in [0.25, 0.3) is 11.0 Å². The summed E-state index contributed by atoms with van der Waals surface area (Å²) in [6, 6.07) is 5.72. The third kappa shape index (κ3) is 3.97. The molecular weight excluding hydrogens is 417 g/mol. The number of aryl methyl sites for hydroxylation is 1. The minimum atomic E-state index is -1.16. The third-order valence-electron chi connectivity index (χ3n) is 5.17. The first-order valence-electron chi connectivity index (χ1n) is 9.48. The lowest BCUT2D eigenvalue weighted by atomic mass is 10.1. The number of fused-ring (bicyclic) bond motifs is 1. The molecule has 5 nitrogen and oxygen atoms in total. The van der Waals surface area contributed by atoms with Crippen molar-refractivity contribution in [2.75, 3.05) is 16.6 Å². The maximum atomic E-state index is 14.9. The number of aliphatic hydroxyl groups excluding tert-OH is 2. The first-order valence-corrected chi connectivity index (χ1v) is 10.3. The molecule has 4 rings (SSSR count). The molecule has 1 aliphatic carbocycles. The Kier molecular flexibility index (Phi) is 5.61. The van der Waals surface area contributed by atoms with E-state index in [0.717, 1.165) is 12.8 Å². The number of benzene rings is 2. The molecule has 1 aromatic heterocycles. The van der Waals surface area contributed by atoms with Gasteiger partial charge in [-0.1, -0.05) is 6.07 Å². The Morgan fingerprint density at radius 3 is 2.60 bits per heavy atom. The molecule has 2 aromatic carbocycles. The van der Waals surface area contributed by atoms with Crippen LogP contribution in [-0.2, 0) is 0 Å². The molecule has 0 amide bonds. The summed E-state index contributed by atoms with van der Waals surface area (Å²) in [5, 5.41) is 21.5. The van der Waals surface area contributed by atoms with Crippen molar-refractivity contribution >= 4 is 40.0 Å². The number of anilines is 3. The predicted molar refractivity (Wildman–Crippen MR) is 111 cm³/mol. The number of hydrogen-bond donors (Lipinski definition) is 4. The van der Waals surface area contributed by atoms with Crippen molar-refractivity contribution in [3.8, 4) is 0 Å². The summed E-state index contributed by atoms with van der Waals surface area (Å²) in [7, 11) is 0. The quantitative estimate of drug-likeness (QED) is 0.361. The zero-order valence-corrected chi connectivity index (χ0v) is 17.0. The van der Waals surface area contributed by atoms with E-state index in [0.29, 0.717) is 12.0 Å². The molecule has 4 N–H and O–H groups in total. The second-order valence-corrected chi connectivity index (χ2v) is 8.85. The molecule has 0 radical (unpaired) electrons. The second kappa shape index (κ2) is 8.05. The Hall–Kier alpha value is -2.36. The Balaban J connectivity index is 1.71. The molecule has 30 heavy (non-hydrogen) atoms. The van der Waals surface area contributed by atoms with Gasteiger partial charge in [-0.3, -0.25) is 0 Å². The largest absolute Gasteiger partial charge is 0.462 e. The highest BCUT2D eigenvalue weighted by molar-refractivity contribution is 8.02. The fraction of sp³-hybridized carbons (Fsp3) is 0.333. The summed E-state index contributed by atoms with van der Waals surface area (Å²) in [6.07, 6.45) is 2.32. The van der Waals surface area contributed by atoms with Crippen LogP contribution in [0, 0.1) is 24.4 Å². The van der Waals surface area contributed by atoms with Crippen molar-refractivity contribution < 1.29 is 27.8 Å². The van der Waals surface area contributed by atoms with Crippen LogP contribution in [0.2, 0.25) is 0 Å². The zero-order chi connectivity index (χ0) is 21.5. The van der Waals surface area contributed by atoms with Crippen LogP contribution in [0.5, 0.6) is 0 Å². The van der Waals surface area contributed by atoms with Crippen molar-refractivity contribution in [2.45, 2.75) is 37.0 Å². The van der Waals surface area contributed by atoms with E-state index in [2.05, 4.69) is 10.0 Å². The van der Waals surface area contributed by atoms with Gasteiger partial charge in [-0.05, 0) is 61.9 Å². The summed E-state index contributed by atoms with van der Waals surface area (Å²) in [5.41, 5.74) is 0.648. The van der Waals surface area contributed by atoms with E-state index in [1.54, 1.807) is 13.0 Å². The molecule has 1 saturated carbocycles. The molecule has 1 heterocycles. The van der Waals surface area contributed by atoms with Gasteiger partial charge in [0, 0.05) is 4.75 Å². The van der Waals surface area contributed by atoms with Crippen molar-refractivity contribution in [1.82, 2.24) is 0 Å². The minimum absolute atomic E-state index is 0.00491. The van der Waals surface area contributed by atoms with Gasteiger partial charge in [0.2, 0.25) is 0 Å². The van der Waals surface area contributed by atoms with Crippen LogP contribution in [0.3, 0.4) is 0 Å². The van der Waals surface area contributed by atoms with Crippen LogP contribution in [0.15, 0.2) is 34.9 Å². The van der Waals surface area contributed by atoms with E-state index >= 15 is 0 Å². The summed E-state index contributed by atoms with van der Waals surface area (Å²) in [5.74, 6) is -2.86. The zero-order valence-electron chi connectivity index (χ0n) is 16.1. The van der Waals surface area contributed by atoms with E-state index < -0.39 is 23.6 Å². The average Bonchev–Trinajstić information content (AvgIpc) is 3.29. The van der Waals surface area contributed by atoms with Crippen molar-refractivity contribution in [1.29, 1.82) is 0 Å². The number of halogens is 3. The summed E-state index contributed by atoms with van der Waals surface area (Å²) >= 11 is 1.25. The first kappa shape index (κ1) is 20.9. The number of hydrogen-bond acceptors (Lipinski definition) is 6. The van der Waals surface area contributed by atoms with E-state index in [1.165, 1.54) is 36.4 Å². The van der Waals surface area contributed by atoms with Crippen molar-refractivity contribution in [3.63, 3.8) is 0 Å².